The van der Waals surface area contributed by atoms with Gasteiger partial charge in [-0.15, -0.1) is 0 Å². The molecule has 0 unspecified atom stereocenters. The van der Waals surface area contributed by atoms with Crippen LogP contribution in [-0.4, -0.2) is 29.8 Å². The number of carbonyl (C=O) groups excluding carboxylic acids is 1. The van der Waals surface area contributed by atoms with Crippen LogP contribution in [0.15, 0.2) is 48.5 Å². The zero-order valence-corrected chi connectivity index (χ0v) is 15.3. The predicted molar refractivity (Wildman–Crippen MR) is 107 cm³/mol. The van der Waals surface area contributed by atoms with E-state index in [1.54, 1.807) is 14.0 Å². The second-order valence-corrected chi connectivity index (χ2v) is 5.83. The molecule has 3 aromatic rings. The predicted octanol–water partition coefficient (Wildman–Crippen LogP) is 4.16. The molecule has 0 radical (unpaired) electrons. The molecule has 0 aliphatic rings. The summed E-state index contributed by atoms with van der Waals surface area (Å²) in [4.78, 5) is 15.4. The maximum Gasteiger partial charge on any atom is 0.356 e. The first-order chi connectivity index (χ1) is 12.6. The molecule has 3 N–H and O–H groups in total. The molecule has 1 heterocycles. The molecule has 0 spiro atoms. The zero-order valence-electron chi connectivity index (χ0n) is 14.5. The zero-order chi connectivity index (χ0) is 18.5. The minimum Gasteiger partial charge on any atom is -0.495 e. The third-order valence-corrected chi connectivity index (χ3v) is 3.98. The highest BCUT2D eigenvalue weighted by Crippen LogP contribution is 2.29. The Bertz CT molecular complexity index is 952. The molecule has 0 saturated heterocycles. The van der Waals surface area contributed by atoms with Gasteiger partial charge in [0, 0.05) is 10.9 Å². The lowest BCUT2D eigenvalue weighted by Crippen LogP contribution is -2.21. The Morgan fingerprint density at radius 2 is 1.85 bits per heavy atom. The molecular weight excluding hydrogens is 350 g/mol. The fourth-order valence-electron chi connectivity index (χ4n) is 2.64. The highest BCUT2D eigenvalue weighted by Gasteiger charge is 2.19. The summed E-state index contributed by atoms with van der Waals surface area (Å²) >= 11 is 5.42. The van der Waals surface area contributed by atoms with E-state index in [2.05, 4.69) is 15.6 Å². The van der Waals surface area contributed by atoms with Gasteiger partial charge in [-0.2, -0.15) is 0 Å². The maximum atomic E-state index is 12.3. The quantitative estimate of drug-likeness (QED) is 0.463. The minimum absolute atomic E-state index is 0.289. The van der Waals surface area contributed by atoms with Crippen molar-refractivity contribution >= 4 is 45.6 Å². The number of fused-ring (bicyclic) bond motifs is 1. The van der Waals surface area contributed by atoms with Gasteiger partial charge in [0.1, 0.15) is 11.4 Å². The van der Waals surface area contributed by atoms with Crippen molar-refractivity contribution in [2.24, 2.45) is 0 Å². The van der Waals surface area contributed by atoms with Gasteiger partial charge in [-0.25, -0.2) is 4.79 Å². The molecule has 7 heteroatoms. The van der Waals surface area contributed by atoms with Gasteiger partial charge in [-0.1, -0.05) is 30.3 Å². The highest BCUT2D eigenvalue weighted by molar-refractivity contribution is 7.80. The molecule has 26 heavy (non-hydrogen) atoms. The molecule has 0 aliphatic carbocycles. The van der Waals surface area contributed by atoms with Crippen LogP contribution in [0.3, 0.4) is 0 Å². The van der Waals surface area contributed by atoms with Gasteiger partial charge in [-0.05, 0) is 37.3 Å². The Morgan fingerprint density at radius 1 is 1.12 bits per heavy atom. The monoisotopic (exact) mass is 369 g/mol. The molecule has 0 aliphatic heterocycles. The van der Waals surface area contributed by atoms with E-state index in [0.717, 1.165) is 16.6 Å². The lowest BCUT2D eigenvalue weighted by Gasteiger charge is -2.13. The molecule has 0 amide bonds. The van der Waals surface area contributed by atoms with Crippen LogP contribution in [0.25, 0.3) is 10.9 Å². The second-order valence-electron chi connectivity index (χ2n) is 5.42. The first-order valence-corrected chi connectivity index (χ1v) is 8.53. The number of nitrogens with one attached hydrogen (secondary N) is 3. The van der Waals surface area contributed by atoms with Gasteiger partial charge in [0.05, 0.1) is 25.1 Å². The smallest absolute Gasteiger partial charge is 0.356 e. The summed E-state index contributed by atoms with van der Waals surface area (Å²) in [6, 6.07) is 15.0. The molecule has 0 fully saturated rings. The van der Waals surface area contributed by atoms with Crippen molar-refractivity contribution < 1.29 is 14.3 Å². The molecule has 3 rings (SSSR count). The van der Waals surface area contributed by atoms with Gasteiger partial charge < -0.3 is 25.1 Å². The molecular formula is C19H19N3O3S. The number of esters is 1. The molecule has 6 nitrogen and oxygen atoms in total. The number of thiocarbonyl (C=S) groups is 1. The number of hydrogen-bond donors (Lipinski definition) is 3. The standard InChI is InChI=1S/C19H19N3O3S/c1-3-25-18(23)17-16(12-8-4-5-9-13(12)20-17)22-19(26)21-14-10-6-7-11-15(14)24-2/h4-11,20H,3H2,1-2H3,(H2,21,22,26). The fourth-order valence-corrected chi connectivity index (χ4v) is 2.86. The topological polar surface area (TPSA) is 75.4 Å². The number of aromatic amines is 1. The van der Waals surface area contributed by atoms with Gasteiger partial charge in [0.15, 0.2) is 5.11 Å². The molecule has 134 valence electrons. The highest BCUT2D eigenvalue weighted by atomic mass is 32.1. The van der Waals surface area contributed by atoms with Crippen LogP contribution in [0.4, 0.5) is 11.4 Å². The largest absolute Gasteiger partial charge is 0.495 e. The number of carbonyl (C=O) groups is 1. The number of ether oxygens (including phenoxy) is 2. The third-order valence-electron chi connectivity index (χ3n) is 3.78. The SMILES string of the molecule is CCOC(=O)c1[nH]c2ccccc2c1NC(=S)Nc1ccccc1OC. The van der Waals surface area contributed by atoms with E-state index in [1.807, 2.05) is 48.5 Å². The number of aromatic nitrogens is 1. The maximum absolute atomic E-state index is 12.3. The molecule has 0 saturated carbocycles. The number of para-hydroxylation sites is 3. The Morgan fingerprint density at radius 3 is 2.62 bits per heavy atom. The lowest BCUT2D eigenvalue weighted by molar-refractivity contribution is 0.0522. The third kappa shape index (κ3) is 3.62. The van der Waals surface area contributed by atoms with Crippen molar-refractivity contribution in [2.45, 2.75) is 6.92 Å². The number of anilines is 2. The number of rotatable bonds is 5. The van der Waals surface area contributed by atoms with Crippen molar-refractivity contribution in [3.05, 3.63) is 54.2 Å². The summed E-state index contributed by atoms with van der Waals surface area (Å²) in [7, 11) is 1.59. The Labute approximate surface area is 156 Å². The molecule has 1 aromatic heterocycles. The Hall–Kier alpha value is -3.06. The van der Waals surface area contributed by atoms with Gasteiger partial charge >= 0.3 is 5.97 Å². The number of H-pyrrole nitrogens is 1. The number of benzene rings is 2. The summed E-state index contributed by atoms with van der Waals surface area (Å²) in [5.74, 6) is 0.229. The van der Waals surface area contributed by atoms with Crippen LogP contribution >= 0.6 is 12.2 Å². The van der Waals surface area contributed by atoms with Crippen LogP contribution in [0, 0.1) is 0 Å². The Balaban J connectivity index is 1.90. The minimum atomic E-state index is -0.439. The van der Waals surface area contributed by atoms with Crippen LogP contribution < -0.4 is 15.4 Å². The second kappa shape index (κ2) is 7.88. The van der Waals surface area contributed by atoms with Gasteiger partial charge in [-0.3, -0.25) is 0 Å². The lowest BCUT2D eigenvalue weighted by atomic mass is 10.2. The summed E-state index contributed by atoms with van der Waals surface area (Å²) in [5, 5.41) is 7.38. The van der Waals surface area contributed by atoms with Crippen LogP contribution in [0.2, 0.25) is 0 Å². The van der Waals surface area contributed by atoms with E-state index >= 15 is 0 Å². The van der Waals surface area contributed by atoms with Crippen molar-refractivity contribution in [1.29, 1.82) is 0 Å². The summed E-state index contributed by atoms with van der Waals surface area (Å²) in [5.41, 5.74) is 2.45. The van der Waals surface area contributed by atoms with Crippen molar-refractivity contribution in [1.82, 2.24) is 4.98 Å². The van der Waals surface area contributed by atoms with E-state index < -0.39 is 5.97 Å². The van der Waals surface area contributed by atoms with Crippen LogP contribution in [-0.2, 0) is 4.74 Å². The van der Waals surface area contributed by atoms with Crippen LogP contribution in [0.5, 0.6) is 5.75 Å². The molecule has 2 aromatic carbocycles. The normalized spacial score (nSPS) is 10.4. The summed E-state index contributed by atoms with van der Waals surface area (Å²) < 4.78 is 10.5. The van der Waals surface area contributed by atoms with Crippen molar-refractivity contribution in [2.75, 3.05) is 24.4 Å². The van der Waals surface area contributed by atoms with E-state index in [0.29, 0.717) is 22.2 Å². The first kappa shape index (κ1) is 17.8. The molecule has 0 atom stereocenters. The van der Waals surface area contributed by atoms with E-state index in [9.17, 15) is 4.79 Å². The van der Waals surface area contributed by atoms with E-state index in [1.165, 1.54) is 0 Å². The van der Waals surface area contributed by atoms with Crippen molar-refractivity contribution in [3.8, 4) is 5.75 Å². The number of methoxy groups -OCH3 is 1. The van der Waals surface area contributed by atoms with E-state index in [4.69, 9.17) is 21.7 Å². The van der Waals surface area contributed by atoms with Crippen LogP contribution in [0.1, 0.15) is 17.4 Å². The fraction of sp³-hybridized carbons (Fsp3) is 0.158. The van der Waals surface area contributed by atoms with Crippen molar-refractivity contribution in [3.63, 3.8) is 0 Å². The van der Waals surface area contributed by atoms with Gasteiger partial charge in [0.2, 0.25) is 0 Å². The summed E-state index contributed by atoms with van der Waals surface area (Å²) in [6.07, 6.45) is 0. The first-order valence-electron chi connectivity index (χ1n) is 8.13. The summed E-state index contributed by atoms with van der Waals surface area (Å²) in [6.45, 7) is 2.05. The Kier molecular flexibility index (Phi) is 5.38. The van der Waals surface area contributed by atoms with Gasteiger partial charge in [0.25, 0.3) is 0 Å². The number of hydrogen-bond acceptors (Lipinski definition) is 4. The average molecular weight is 369 g/mol. The average Bonchev–Trinajstić information content (AvgIpc) is 3.01. The van der Waals surface area contributed by atoms with E-state index in [-0.39, 0.29) is 6.61 Å². The molecule has 0 bridgehead atoms.